The Hall–Kier alpha value is -1.51. The number of hydrogen-bond donors (Lipinski definition) is 1. The molecule has 7 nitrogen and oxygen atoms in total. The molecule has 0 aliphatic carbocycles. The standard InChI is InChI=1S/C8H5Cl2N5O2S/c9-6-1-2-11-8(14-6)15-18(16,17)5-3-12-7(10)13-4-5/h1-4H,(H,11,14,15). The minimum Gasteiger partial charge on any atom is -0.247 e. The summed E-state index contributed by atoms with van der Waals surface area (Å²) in [5, 5.41) is 0.0722. The second-order valence-corrected chi connectivity index (χ2v) is 5.40. The fourth-order valence-corrected chi connectivity index (χ4v) is 2.08. The number of nitrogens with one attached hydrogen (secondary N) is 1. The highest BCUT2D eigenvalue weighted by Gasteiger charge is 2.16. The molecular weight excluding hydrogens is 301 g/mol. The van der Waals surface area contributed by atoms with Crippen LogP contribution in [0.3, 0.4) is 0 Å². The lowest BCUT2D eigenvalue weighted by Gasteiger charge is -2.05. The van der Waals surface area contributed by atoms with Gasteiger partial charge < -0.3 is 0 Å². The largest absolute Gasteiger partial charge is 0.267 e. The summed E-state index contributed by atoms with van der Waals surface area (Å²) < 4.78 is 25.9. The van der Waals surface area contributed by atoms with Crippen LogP contribution in [0.4, 0.5) is 5.95 Å². The molecule has 0 aliphatic heterocycles. The molecule has 2 heterocycles. The summed E-state index contributed by atoms with van der Waals surface area (Å²) in [6, 6.07) is 1.42. The van der Waals surface area contributed by atoms with Crippen LogP contribution >= 0.6 is 23.2 Å². The third kappa shape index (κ3) is 3.03. The highest BCUT2D eigenvalue weighted by molar-refractivity contribution is 7.92. The van der Waals surface area contributed by atoms with Gasteiger partial charge in [0.05, 0.1) is 12.4 Å². The van der Waals surface area contributed by atoms with Gasteiger partial charge in [0.15, 0.2) is 0 Å². The Kier molecular flexibility index (Phi) is 3.60. The van der Waals surface area contributed by atoms with Gasteiger partial charge in [0.1, 0.15) is 10.0 Å². The van der Waals surface area contributed by atoms with Crippen molar-refractivity contribution in [3.8, 4) is 0 Å². The summed E-state index contributed by atoms with van der Waals surface area (Å²) in [7, 11) is -3.86. The van der Waals surface area contributed by atoms with Gasteiger partial charge in [-0.3, -0.25) is 0 Å². The van der Waals surface area contributed by atoms with Gasteiger partial charge in [-0.1, -0.05) is 11.6 Å². The molecule has 2 aromatic heterocycles. The van der Waals surface area contributed by atoms with Gasteiger partial charge in [0.2, 0.25) is 11.2 Å². The molecule has 18 heavy (non-hydrogen) atoms. The number of halogens is 2. The van der Waals surface area contributed by atoms with E-state index in [0.717, 1.165) is 12.4 Å². The Morgan fingerprint density at radius 1 is 1.11 bits per heavy atom. The van der Waals surface area contributed by atoms with Crippen molar-refractivity contribution in [1.29, 1.82) is 0 Å². The van der Waals surface area contributed by atoms with Crippen molar-refractivity contribution in [2.24, 2.45) is 0 Å². The van der Waals surface area contributed by atoms with Gasteiger partial charge in [-0.25, -0.2) is 33.1 Å². The fourth-order valence-electron chi connectivity index (χ4n) is 1.00. The predicted molar refractivity (Wildman–Crippen MR) is 64.9 cm³/mol. The summed E-state index contributed by atoms with van der Waals surface area (Å²) in [4.78, 5) is 14.4. The minimum absolute atomic E-state index is 0.0482. The fraction of sp³-hybridized carbons (Fsp3) is 0. The van der Waals surface area contributed by atoms with Gasteiger partial charge in [-0.15, -0.1) is 0 Å². The van der Waals surface area contributed by atoms with Crippen molar-refractivity contribution in [3.05, 3.63) is 35.1 Å². The maximum absolute atomic E-state index is 11.9. The van der Waals surface area contributed by atoms with Crippen LogP contribution in [0.5, 0.6) is 0 Å². The number of anilines is 1. The smallest absolute Gasteiger partial charge is 0.247 e. The lowest BCUT2D eigenvalue weighted by molar-refractivity contribution is 0.600. The summed E-state index contributed by atoms with van der Waals surface area (Å²) in [6.45, 7) is 0. The predicted octanol–water partition coefficient (Wildman–Crippen LogP) is 1.37. The average molecular weight is 306 g/mol. The number of aromatic nitrogens is 4. The first-order valence-corrected chi connectivity index (χ1v) is 6.70. The molecule has 0 amide bonds. The summed E-state index contributed by atoms with van der Waals surface area (Å²) in [5.41, 5.74) is 0. The van der Waals surface area contributed by atoms with Crippen LogP contribution in [-0.2, 0) is 10.0 Å². The van der Waals surface area contributed by atoms with Crippen molar-refractivity contribution in [2.45, 2.75) is 4.90 Å². The quantitative estimate of drug-likeness (QED) is 0.679. The van der Waals surface area contributed by atoms with Crippen LogP contribution in [0.25, 0.3) is 0 Å². The Bertz CT molecular complexity index is 661. The van der Waals surface area contributed by atoms with E-state index in [9.17, 15) is 8.42 Å². The van der Waals surface area contributed by atoms with E-state index in [-0.39, 0.29) is 21.3 Å². The third-order valence-corrected chi connectivity index (χ3v) is 3.44. The van der Waals surface area contributed by atoms with Gasteiger partial charge in [0, 0.05) is 6.20 Å². The number of sulfonamides is 1. The van der Waals surface area contributed by atoms with Crippen LogP contribution in [0.15, 0.2) is 29.6 Å². The van der Waals surface area contributed by atoms with Crippen molar-refractivity contribution < 1.29 is 8.42 Å². The molecule has 0 radical (unpaired) electrons. The van der Waals surface area contributed by atoms with Crippen molar-refractivity contribution in [2.75, 3.05) is 4.72 Å². The zero-order valence-electron chi connectivity index (χ0n) is 8.58. The molecule has 94 valence electrons. The lowest BCUT2D eigenvalue weighted by Crippen LogP contribution is -2.15. The Labute approximate surface area is 112 Å². The molecule has 2 rings (SSSR count). The van der Waals surface area contributed by atoms with Crippen LogP contribution in [0.1, 0.15) is 0 Å². The molecule has 2 aromatic rings. The van der Waals surface area contributed by atoms with E-state index in [1.807, 2.05) is 0 Å². The molecule has 0 aliphatic rings. The van der Waals surface area contributed by atoms with Crippen molar-refractivity contribution in [3.63, 3.8) is 0 Å². The van der Waals surface area contributed by atoms with E-state index < -0.39 is 10.0 Å². The van der Waals surface area contributed by atoms with E-state index >= 15 is 0 Å². The molecule has 0 unspecified atom stereocenters. The molecule has 10 heteroatoms. The first-order valence-electron chi connectivity index (χ1n) is 4.46. The highest BCUT2D eigenvalue weighted by Crippen LogP contribution is 2.13. The number of rotatable bonds is 3. The Morgan fingerprint density at radius 2 is 1.78 bits per heavy atom. The van der Waals surface area contributed by atoms with Crippen LogP contribution < -0.4 is 4.72 Å². The molecule has 0 saturated heterocycles. The van der Waals surface area contributed by atoms with E-state index in [4.69, 9.17) is 23.2 Å². The lowest BCUT2D eigenvalue weighted by atomic mass is 10.7. The Morgan fingerprint density at radius 3 is 2.39 bits per heavy atom. The maximum Gasteiger partial charge on any atom is 0.267 e. The molecule has 0 aromatic carbocycles. The maximum atomic E-state index is 11.9. The van der Waals surface area contributed by atoms with Gasteiger partial charge >= 0.3 is 0 Å². The van der Waals surface area contributed by atoms with Gasteiger partial charge in [-0.2, -0.15) is 0 Å². The zero-order valence-corrected chi connectivity index (χ0v) is 10.9. The van der Waals surface area contributed by atoms with Crippen molar-refractivity contribution >= 4 is 39.2 Å². The zero-order chi connectivity index (χ0) is 13.2. The SMILES string of the molecule is O=S(=O)(Nc1nccc(Cl)n1)c1cnc(Cl)nc1. The van der Waals surface area contributed by atoms with Crippen LogP contribution in [-0.4, -0.2) is 28.4 Å². The first-order chi connectivity index (χ1) is 8.47. The molecule has 1 N–H and O–H groups in total. The molecule has 0 bridgehead atoms. The second-order valence-electron chi connectivity index (χ2n) is 3.00. The molecule has 0 atom stereocenters. The van der Waals surface area contributed by atoms with Gasteiger partial charge in [-0.05, 0) is 17.7 Å². The molecular formula is C8H5Cl2N5O2S. The van der Waals surface area contributed by atoms with E-state index in [2.05, 4.69) is 24.7 Å². The van der Waals surface area contributed by atoms with Gasteiger partial charge in [0.25, 0.3) is 10.0 Å². The van der Waals surface area contributed by atoms with E-state index in [0.29, 0.717) is 0 Å². The van der Waals surface area contributed by atoms with Crippen molar-refractivity contribution in [1.82, 2.24) is 19.9 Å². The number of hydrogen-bond acceptors (Lipinski definition) is 6. The van der Waals surface area contributed by atoms with E-state index in [1.165, 1.54) is 12.3 Å². The number of nitrogens with zero attached hydrogens (tertiary/aromatic N) is 4. The summed E-state index contributed by atoms with van der Waals surface area (Å²) in [6.07, 6.45) is 3.47. The van der Waals surface area contributed by atoms with Crippen LogP contribution in [0.2, 0.25) is 10.4 Å². The monoisotopic (exact) mass is 305 g/mol. The topological polar surface area (TPSA) is 97.7 Å². The Balaban J connectivity index is 2.30. The first kappa shape index (κ1) is 12.9. The third-order valence-electron chi connectivity index (χ3n) is 1.75. The second kappa shape index (κ2) is 5.01. The summed E-state index contributed by atoms with van der Waals surface area (Å²) >= 11 is 11.1. The minimum atomic E-state index is -3.86. The highest BCUT2D eigenvalue weighted by atomic mass is 35.5. The molecule has 0 saturated carbocycles. The average Bonchev–Trinajstić information content (AvgIpc) is 2.29. The molecule has 0 spiro atoms. The van der Waals surface area contributed by atoms with E-state index in [1.54, 1.807) is 0 Å². The molecule has 0 fully saturated rings. The summed E-state index contributed by atoms with van der Waals surface area (Å²) in [5.74, 6) is -0.141. The van der Waals surface area contributed by atoms with Crippen LogP contribution in [0, 0.1) is 0 Å². The normalized spacial score (nSPS) is 11.2.